The van der Waals surface area contributed by atoms with Gasteiger partial charge >= 0.3 is 0 Å². The standard InChI is InChI=1S/C21H21NO6.ClH/c1-22-7-6-11(13(22)10-23)19-15(25)8-16(26)20-17(27)9-18(28-21(19)20)12-4-2-3-5-14(12)24;/h2-5,8-9,11,13,23-26H,6-7,10H2,1H3;1H. The van der Waals surface area contributed by atoms with Crippen LogP contribution in [0.5, 0.6) is 17.2 Å². The fraction of sp³-hybridized carbons (Fsp3) is 0.286. The molecular weight excluding hydrogens is 398 g/mol. The predicted molar refractivity (Wildman–Crippen MR) is 111 cm³/mol. The van der Waals surface area contributed by atoms with Gasteiger partial charge in [0.1, 0.15) is 34.0 Å². The number of hydrogen-bond donors (Lipinski definition) is 4. The number of phenolic OH excluding ortho intramolecular Hbond substituents is 3. The minimum Gasteiger partial charge on any atom is -0.507 e. The lowest BCUT2D eigenvalue weighted by molar-refractivity contribution is 0.172. The van der Waals surface area contributed by atoms with Crippen LogP contribution in [0.3, 0.4) is 0 Å². The van der Waals surface area contributed by atoms with Crippen molar-refractivity contribution in [1.82, 2.24) is 4.90 Å². The van der Waals surface area contributed by atoms with Crippen molar-refractivity contribution in [3.8, 4) is 28.6 Å². The highest BCUT2D eigenvalue weighted by molar-refractivity contribution is 5.90. The molecule has 29 heavy (non-hydrogen) atoms. The number of halogens is 1. The van der Waals surface area contributed by atoms with Crippen LogP contribution in [0, 0.1) is 0 Å². The molecule has 1 aromatic heterocycles. The van der Waals surface area contributed by atoms with Gasteiger partial charge in [0, 0.05) is 29.7 Å². The zero-order chi connectivity index (χ0) is 20.0. The Morgan fingerprint density at radius 1 is 1.10 bits per heavy atom. The molecule has 0 amide bonds. The molecular formula is C21H22ClNO6. The van der Waals surface area contributed by atoms with Crippen LogP contribution in [0.2, 0.25) is 0 Å². The topological polar surface area (TPSA) is 114 Å². The first kappa shape index (κ1) is 21.0. The van der Waals surface area contributed by atoms with Crippen molar-refractivity contribution in [2.75, 3.05) is 20.2 Å². The fourth-order valence-corrected chi connectivity index (χ4v) is 4.11. The number of aliphatic hydroxyl groups excluding tert-OH is 1. The quantitative estimate of drug-likeness (QED) is 0.516. The number of phenols is 3. The van der Waals surface area contributed by atoms with Crippen LogP contribution in [0.1, 0.15) is 17.9 Å². The van der Waals surface area contributed by atoms with Crippen molar-refractivity contribution in [1.29, 1.82) is 0 Å². The Labute approximate surface area is 172 Å². The molecule has 4 N–H and O–H groups in total. The third-order valence-corrected chi connectivity index (χ3v) is 5.55. The Kier molecular flexibility index (Phi) is 5.75. The molecule has 4 rings (SSSR count). The highest BCUT2D eigenvalue weighted by Gasteiger charge is 2.36. The van der Waals surface area contributed by atoms with E-state index in [0.29, 0.717) is 24.1 Å². The molecule has 1 aliphatic rings. The number of hydrogen-bond acceptors (Lipinski definition) is 7. The maximum atomic E-state index is 12.8. The Hall–Kier alpha value is -2.74. The molecule has 2 unspecified atom stereocenters. The number of rotatable bonds is 3. The van der Waals surface area contributed by atoms with Gasteiger partial charge in [-0.2, -0.15) is 0 Å². The Morgan fingerprint density at radius 2 is 1.83 bits per heavy atom. The summed E-state index contributed by atoms with van der Waals surface area (Å²) >= 11 is 0. The summed E-state index contributed by atoms with van der Waals surface area (Å²) in [5.74, 6) is -0.763. The molecule has 3 aromatic rings. The van der Waals surface area contributed by atoms with Gasteiger partial charge in [0.15, 0.2) is 5.43 Å². The Morgan fingerprint density at radius 3 is 2.52 bits per heavy atom. The van der Waals surface area contributed by atoms with E-state index < -0.39 is 5.43 Å². The van der Waals surface area contributed by atoms with Crippen molar-refractivity contribution >= 4 is 23.4 Å². The van der Waals surface area contributed by atoms with E-state index in [9.17, 15) is 25.2 Å². The van der Waals surface area contributed by atoms with E-state index in [4.69, 9.17) is 4.42 Å². The van der Waals surface area contributed by atoms with Crippen molar-refractivity contribution < 1.29 is 24.8 Å². The summed E-state index contributed by atoms with van der Waals surface area (Å²) in [6.07, 6.45) is 0.652. The summed E-state index contributed by atoms with van der Waals surface area (Å²) in [7, 11) is 1.88. The van der Waals surface area contributed by atoms with Crippen LogP contribution in [-0.4, -0.2) is 51.6 Å². The zero-order valence-electron chi connectivity index (χ0n) is 15.7. The highest BCUT2D eigenvalue weighted by Crippen LogP contribution is 2.44. The van der Waals surface area contributed by atoms with E-state index >= 15 is 0 Å². The van der Waals surface area contributed by atoms with Crippen LogP contribution >= 0.6 is 12.4 Å². The van der Waals surface area contributed by atoms with Crippen LogP contribution in [0.15, 0.2) is 45.6 Å². The van der Waals surface area contributed by atoms with E-state index in [1.54, 1.807) is 18.2 Å². The molecule has 0 spiro atoms. The second-order valence-electron chi connectivity index (χ2n) is 7.15. The minimum absolute atomic E-state index is 0. The molecule has 8 heteroatoms. The SMILES string of the molecule is CN1CCC(c2c(O)cc(O)c3c(=O)cc(-c4ccccc4O)oc23)C1CO.Cl. The first-order chi connectivity index (χ1) is 13.4. The van der Waals surface area contributed by atoms with Crippen molar-refractivity contribution in [3.05, 3.63) is 52.2 Å². The summed E-state index contributed by atoms with van der Waals surface area (Å²) in [5.41, 5.74) is 0.301. The molecule has 154 valence electrons. The molecule has 1 fully saturated rings. The van der Waals surface area contributed by atoms with E-state index in [1.165, 1.54) is 12.1 Å². The van der Waals surface area contributed by atoms with Gasteiger partial charge in [-0.3, -0.25) is 4.79 Å². The Balaban J connectivity index is 0.00000240. The van der Waals surface area contributed by atoms with Gasteiger partial charge in [-0.15, -0.1) is 12.4 Å². The molecule has 0 radical (unpaired) electrons. The van der Waals surface area contributed by atoms with E-state index in [1.807, 2.05) is 11.9 Å². The molecule has 2 heterocycles. The maximum absolute atomic E-state index is 12.8. The van der Waals surface area contributed by atoms with Gasteiger partial charge in [-0.05, 0) is 32.1 Å². The van der Waals surface area contributed by atoms with E-state index in [2.05, 4.69) is 0 Å². The average Bonchev–Trinajstić information content (AvgIpc) is 3.01. The van der Waals surface area contributed by atoms with Gasteiger partial charge in [-0.25, -0.2) is 0 Å². The number of likely N-dealkylation sites (tertiary alicyclic amines) is 1. The molecule has 7 nitrogen and oxygen atoms in total. The van der Waals surface area contributed by atoms with E-state index in [-0.39, 0.29) is 65.0 Å². The van der Waals surface area contributed by atoms with E-state index in [0.717, 1.165) is 6.07 Å². The van der Waals surface area contributed by atoms with Crippen LogP contribution in [0.4, 0.5) is 0 Å². The lowest BCUT2D eigenvalue weighted by atomic mass is 9.89. The van der Waals surface area contributed by atoms with Gasteiger partial charge in [-0.1, -0.05) is 12.1 Å². The normalized spacial score (nSPS) is 19.4. The van der Waals surface area contributed by atoms with Crippen molar-refractivity contribution in [3.63, 3.8) is 0 Å². The summed E-state index contributed by atoms with van der Waals surface area (Å²) in [5, 5.41) is 40.8. The van der Waals surface area contributed by atoms with Crippen LogP contribution in [-0.2, 0) is 0 Å². The molecule has 2 atom stereocenters. The molecule has 1 aliphatic heterocycles. The number of para-hydroxylation sites is 1. The van der Waals surface area contributed by atoms with Gasteiger partial charge in [0.25, 0.3) is 0 Å². The van der Waals surface area contributed by atoms with Crippen molar-refractivity contribution in [2.45, 2.75) is 18.4 Å². The summed E-state index contributed by atoms with van der Waals surface area (Å²) in [6.45, 7) is 0.591. The van der Waals surface area contributed by atoms with Crippen LogP contribution < -0.4 is 5.43 Å². The molecule has 0 saturated carbocycles. The number of fused-ring (bicyclic) bond motifs is 1. The average molecular weight is 420 g/mol. The summed E-state index contributed by atoms with van der Waals surface area (Å²) < 4.78 is 5.96. The Bertz CT molecular complexity index is 1110. The monoisotopic (exact) mass is 419 g/mol. The number of likely N-dealkylation sites (N-methyl/N-ethyl adjacent to an activating group) is 1. The predicted octanol–water partition coefficient (Wildman–Crippen LogP) is 2.78. The fourth-order valence-electron chi connectivity index (χ4n) is 4.11. The molecule has 0 bridgehead atoms. The lowest BCUT2D eigenvalue weighted by Gasteiger charge is -2.24. The highest BCUT2D eigenvalue weighted by atomic mass is 35.5. The third-order valence-electron chi connectivity index (χ3n) is 5.55. The van der Waals surface area contributed by atoms with Gasteiger partial charge in [0.05, 0.1) is 12.2 Å². The lowest BCUT2D eigenvalue weighted by Crippen LogP contribution is -2.32. The smallest absolute Gasteiger partial charge is 0.197 e. The molecule has 2 aromatic carbocycles. The first-order valence-electron chi connectivity index (χ1n) is 9.04. The summed E-state index contributed by atoms with van der Waals surface area (Å²) in [4.78, 5) is 14.7. The van der Waals surface area contributed by atoms with Gasteiger partial charge in [0.2, 0.25) is 0 Å². The summed E-state index contributed by atoms with van der Waals surface area (Å²) in [6, 6.07) is 8.55. The zero-order valence-corrected chi connectivity index (χ0v) is 16.5. The van der Waals surface area contributed by atoms with Crippen molar-refractivity contribution in [2.24, 2.45) is 0 Å². The second-order valence-corrected chi connectivity index (χ2v) is 7.15. The maximum Gasteiger partial charge on any atom is 0.197 e. The number of aromatic hydroxyl groups is 3. The number of benzene rings is 2. The largest absolute Gasteiger partial charge is 0.507 e. The molecule has 1 saturated heterocycles. The number of nitrogens with zero attached hydrogens (tertiary/aromatic N) is 1. The molecule has 0 aliphatic carbocycles. The van der Waals surface area contributed by atoms with Gasteiger partial charge < -0.3 is 29.7 Å². The second kappa shape index (κ2) is 7.94. The number of aliphatic hydroxyl groups is 1. The third kappa shape index (κ3) is 3.42. The first-order valence-corrected chi connectivity index (χ1v) is 9.04. The van der Waals surface area contributed by atoms with Crippen LogP contribution in [0.25, 0.3) is 22.3 Å². The minimum atomic E-state index is -0.481.